The Balaban J connectivity index is 2.34. The van der Waals surface area contributed by atoms with Crippen LogP contribution in [0.2, 0.25) is 0 Å². The van der Waals surface area contributed by atoms with E-state index in [1.807, 2.05) is 0 Å². The topological polar surface area (TPSA) is 46.6 Å². The molecule has 4 heteroatoms. The summed E-state index contributed by atoms with van der Waals surface area (Å²) in [6.45, 7) is 2.80. The Labute approximate surface area is 77.8 Å². The van der Waals surface area contributed by atoms with E-state index in [-0.39, 0.29) is 0 Å². The molecule has 0 spiro atoms. The number of rotatable bonds is 2. The molecule has 0 heterocycles. The van der Waals surface area contributed by atoms with Crippen molar-refractivity contribution in [2.24, 2.45) is 11.8 Å². The highest BCUT2D eigenvalue weighted by Crippen LogP contribution is 2.37. The van der Waals surface area contributed by atoms with Crippen LogP contribution in [0.25, 0.3) is 0 Å². The molecule has 0 N–H and O–H groups in total. The molecule has 13 heavy (non-hydrogen) atoms. The van der Waals surface area contributed by atoms with Gasteiger partial charge in [0.25, 0.3) is 0 Å². The van der Waals surface area contributed by atoms with Crippen LogP contribution in [0.3, 0.4) is 0 Å². The number of methoxy groups -OCH3 is 1. The molecule has 4 nitrogen and oxygen atoms in total. The fourth-order valence-corrected chi connectivity index (χ4v) is 1.33. The largest absolute Gasteiger partial charge is 0.462 e. The van der Waals surface area contributed by atoms with Crippen molar-refractivity contribution in [3.05, 3.63) is 0 Å². The number of ether oxygens (including phenoxy) is 1. The highest BCUT2D eigenvalue weighted by molar-refractivity contribution is 6.32. The van der Waals surface area contributed by atoms with Crippen molar-refractivity contribution in [1.82, 2.24) is 4.90 Å². The summed E-state index contributed by atoms with van der Waals surface area (Å²) in [4.78, 5) is 23.4. The van der Waals surface area contributed by atoms with E-state index in [4.69, 9.17) is 0 Å². The van der Waals surface area contributed by atoms with Gasteiger partial charge >= 0.3 is 11.9 Å². The standard InChI is InChI=1S/C9H15NO3/c1-6-4-7(6)5-10(2)8(11)9(12)13-3/h6-7H,4-5H2,1-3H3. The zero-order chi connectivity index (χ0) is 10.0. The first-order chi connectivity index (χ1) is 6.06. The zero-order valence-corrected chi connectivity index (χ0v) is 8.24. The monoisotopic (exact) mass is 185 g/mol. The number of likely N-dealkylation sites (N-methyl/N-ethyl adjacent to an activating group) is 1. The molecule has 0 saturated heterocycles. The van der Waals surface area contributed by atoms with E-state index < -0.39 is 11.9 Å². The van der Waals surface area contributed by atoms with Crippen molar-refractivity contribution in [2.45, 2.75) is 13.3 Å². The molecular formula is C9H15NO3. The van der Waals surface area contributed by atoms with Crippen LogP contribution < -0.4 is 0 Å². The Morgan fingerprint density at radius 1 is 1.54 bits per heavy atom. The number of esters is 1. The molecule has 2 atom stereocenters. The Hall–Kier alpha value is -1.06. The molecule has 2 unspecified atom stereocenters. The van der Waals surface area contributed by atoms with Crippen LogP contribution in [-0.4, -0.2) is 37.5 Å². The van der Waals surface area contributed by atoms with Crippen LogP contribution in [0.15, 0.2) is 0 Å². The van der Waals surface area contributed by atoms with Crippen LogP contribution in [0.1, 0.15) is 13.3 Å². The number of hydrogen-bond acceptors (Lipinski definition) is 3. The average Bonchev–Trinajstić information content (AvgIpc) is 2.79. The van der Waals surface area contributed by atoms with E-state index in [1.165, 1.54) is 12.0 Å². The smallest absolute Gasteiger partial charge is 0.396 e. The maximum Gasteiger partial charge on any atom is 0.396 e. The molecule has 0 aliphatic heterocycles. The average molecular weight is 185 g/mol. The predicted octanol–water partition coefficient (Wildman–Crippen LogP) is 0.274. The summed E-state index contributed by atoms with van der Waals surface area (Å²) >= 11 is 0. The summed E-state index contributed by atoms with van der Waals surface area (Å²) in [5.41, 5.74) is 0. The normalized spacial score (nSPS) is 25.2. The van der Waals surface area contributed by atoms with Crippen molar-refractivity contribution in [1.29, 1.82) is 0 Å². The third-order valence-corrected chi connectivity index (χ3v) is 2.49. The molecule has 0 aromatic rings. The summed E-state index contributed by atoms with van der Waals surface area (Å²) in [7, 11) is 2.85. The Morgan fingerprint density at radius 3 is 2.46 bits per heavy atom. The molecule has 1 aliphatic carbocycles. The van der Waals surface area contributed by atoms with Gasteiger partial charge in [-0.15, -0.1) is 0 Å². The second-order valence-corrected chi connectivity index (χ2v) is 3.65. The lowest BCUT2D eigenvalue weighted by Crippen LogP contribution is -2.35. The van der Waals surface area contributed by atoms with Crippen LogP contribution in [-0.2, 0) is 14.3 Å². The van der Waals surface area contributed by atoms with Gasteiger partial charge in [-0.05, 0) is 18.3 Å². The molecule has 1 saturated carbocycles. The predicted molar refractivity (Wildman–Crippen MR) is 46.9 cm³/mol. The molecule has 1 aliphatic rings. The van der Waals surface area contributed by atoms with Crippen molar-refractivity contribution in [3.8, 4) is 0 Å². The Kier molecular flexibility index (Phi) is 2.90. The first kappa shape index (κ1) is 10.0. The van der Waals surface area contributed by atoms with Crippen molar-refractivity contribution in [3.63, 3.8) is 0 Å². The second kappa shape index (κ2) is 3.77. The van der Waals surface area contributed by atoms with E-state index in [2.05, 4.69) is 11.7 Å². The van der Waals surface area contributed by atoms with Crippen molar-refractivity contribution in [2.75, 3.05) is 20.7 Å². The van der Waals surface area contributed by atoms with Gasteiger partial charge in [-0.25, -0.2) is 4.79 Å². The highest BCUT2D eigenvalue weighted by Gasteiger charge is 2.35. The van der Waals surface area contributed by atoms with Gasteiger partial charge in [0.2, 0.25) is 0 Å². The van der Waals surface area contributed by atoms with Gasteiger partial charge in [0.05, 0.1) is 7.11 Å². The van der Waals surface area contributed by atoms with E-state index in [1.54, 1.807) is 7.05 Å². The van der Waals surface area contributed by atoms with Crippen LogP contribution >= 0.6 is 0 Å². The lowest BCUT2D eigenvalue weighted by Gasteiger charge is -2.14. The number of hydrogen-bond donors (Lipinski definition) is 0. The van der Waals surface area contributed by atoms with E-state index in [0.29, 0.717) is 18.4 Å². The fraction of sp³-hybridized carbons (Fsp3) is 0.778. The molecule has 1 amide bonds. The number of carbonyl (C=O) groups excluding carboxylic acids is 2. The lowest BCUT2D eigenvalue weighted by atomic mass is 10.3. The Morgan fingerprint density at radius 2 is 2.08 bits per heavy atom. The SMILES string of the molecule is COC(=O)C(=O)N(C)CC1CC1C. The maximum absolute atomic E-state index is 11.2. The number of carbonyl (C=O) groups is 2. The second-order valence-electron chi connectivity index (χ2n) is 3.65. The van der Waals surface area contributed by atoms with Crippen LogP contribution in [0.5, 0.6) is 0 Å². The molecule has 1 rings (SSSR count). The minimum Gasteiger partial charge on any atom is -0.462 e. The third kappa shape index (κ3) is 2.44. The molecule has 0 radical (unpaired) electrons. The maximum atomic E-state index is 11.2. The lowest BCUT2D eigenvalue weighted by molar-refractivity contribution is -0.157. The molecule has 0 aromatic carbocycles. The fourth-order valence-electron chi connectivity index (χ4n) is 1.33. The van der Waals surface area contributed by atoms with Crippen LogP contribution in [0.4, 0.5) is 0 Å². The molecule has 0 aromatic heterocycles. The minimum atomic E-state index is -0.782. The summed E-state index contributed by atoms with van der Waals surface area (Å²) in [6.07, 6.45) is 1.15. The van der Waals surface area contributed by atoms with Crippen LogP contribution in [0, 0.1) is 11.8 Å². The van der Waals surface area contributed by atoms with Crippen molar-refractivity contribution < 1.29 is 14.3 Å². The number of nitrogens with zero attached hydrogens (tertiary/aromatic N) is 1. The first-order valence-corrected chi connectivity index (χ1v) is 4.39. The summed E-state index contributed by atoms with van der Waals surface area (Å²) in [5.74, 6) is -0.0797. The Bertz CT molecular complexity index is 227. The van der Waals surface area contributed by atoms with Gasteiger partial charge in [0.15, 0.2) is 0 Å². The van der Waals surface area contributed by atoms with Gasteiger partial charge in [-0.1, -0.05) is 6.92 Å². The highest BCUT2D eigenvalue weighted by atomic mass is 16.5. The van der Waals surface area contributed by atoms with E-state index in [9.17, 15) is 9.59 Å². The van der Waals surface area contributed by atoms with Gasteiger partial charge in [-0.2, -0.15) is 0 Å². The number of amides is 1. The van der Waals surface area contributed by atoms with E-state index in [0.717, 1.165) is 6.42 Å². The summed E-state index contributed by atoms with van der Waals surface area (Å²) in [5, 5.41) is 0. The minimum absolute atomic E-state index is 0.554. The quantitative estimate of drug-likeness (QED) is 0.458. The third-order valence-electron chi connectivity index (χ3n) is 2.49. The zero-order valence-electron chi connectivity index (χ0n) is 8.24. The van der Waals surface area contributed by atoms with Gasteiger partial charge in [0, 0.05) is 13.6 Å². The molecule has 74 valence electrons. The van der Waals surface area contributed by atoms with Gasteiger partial charge in [0.1, 0.15) is 0 Å². The summed E-state index contributed by atoms with van der Waals surface area (Å²) in [6, 6.07) is 0. The first-order valence-electron chi connectivity index (χ1n) is 4.39. The molecule has 1 fully saturated rings. The summed E-state index contributed by atoms with van der Waals surface area (Å²) < 4.78 is 4.33. The van der Waals surface area contributed by atoms with Gasteiger partial charge in [-0.3, -0.25) is 4.79 Å². The molecule has 0 bridgehead atoms. The van der Waals surface area contributed by atoms with Gasteiger partial charge < -0.3 is 9.64 Å². The van der Waals surface area contributed by atoms with E-state index >= 15 is 0 Å². The van der Waals surface area contributed by atoms with Crippen molar-refractivity contribution >= 4 is 11.9 Å². The molecular weight excluding hydrogens is 170 g/mol.